The molecule has 0 atom stereocenters. The number of allylic oxidation sites excluding steroid dienone is 5. The van der Waals surface area contributed by atoms with Gasteiger partial charge in [-0.2, -0.15) is 9.97 Å². The van der Waals surface area contributed by atoms with E-state index in [0.717, 1.165) is 60.4 Å². The van der Waals surface area contributed by atoms with Gasteiger partial charge in [-0.25, -0.2) is 4.98 Å². The van der Waals surface area contributed by atoms with Crippen molar-refractivity contribution in [3.05, 3.63) is 150 Å². The van der Waals surface area contributed by atoms with Crippen molar-refractivity contribution in [3.63, 3.8) is 0 Å². The van der Waals surface area contributed by atoms with E-state index in [1.807, 2.05) is 41.0 Å². The largest absolute Gasteiger partial charge is 0.308 e. The number of benzene rings is 6. The van der Waals surface area contributed by atoms with E-state index in [9.17, 15) is 0 Å². The second-order valence-corrected chi connectivity index (χ2v) is 14.6. The standard InChI is InChI=1S/C46H23B10N5/c1-22(48)36(50)37(51)34(28(49)21-47)44-57-45(35-38(52)40(54)42(56)41(55)39(35)53)59-46(58-44)61-31-18-10-7-15-27(31)33-32(61)20-19-26-25-14-6-9-17-30(25)60(43(26)33)29-16-8-5-13-24(29)23-11-3-2-4-12-23/h2-20H,1,21H2/b34-28-,37-36-. The van der Waals surface area contributed by atoms with Crippen LogP contribution >= 0.6 is 0 Å². The molecule has 0 spiro atoms. The summed E-state index contributed by atoms with van der Waals surface area (Å²) in [5.41, 5.74) is 7.00. The predicted octanol–water partition coefficient (Wildman–Crippen LogP) is 3.07. The molecule has 9 rings (SSSR count). The average Bonchev–Trinajstić information content (AvgIpc) is 3.80. The van der Waals surface area contributed by atoms with Gasteiger partial charge in [0, 0.05) is 38.2 Å². The Kier molecular flexibility index (Phi) is 10.3. The lowest BCUT2D eigenvalue weighted by Crippen LogP contribution is -2.55. The van der Waals surface area contributed by atoms with E-state index in [1.165, 1.54) is 0 Å². The van der Waals surface area contributed by atoms with Crippen molar-refractivity contribution in [2.45, 2.75) is 6.32 Å². The third kappa shape index (κ3) is 6.43. The van der Waals surface area contributed by atoms with Crippen molar-refractivity contribution in [1.29, 1.82) is 0 Å². The zero-order valence-electron chi connectivity index (χ0n) is 32.9. The maximum Gasteiger partial charge on any atom is 0.238 e. The monoisotopic (exact) mass is 755 g/mol. The number of rotatable bonds is 8. The SMILES string of the molecule is [B]C/C([B])=C(\C([B])=C(\[B])C([B])=C)c1nc(-c2c([B])c([B])c([B])c([B])c2[B])nc(-n2c3ccccc3c3c2ccc2c4ccccc4n(-c4ccccc4-c4ccccc4)c23)n1. The minimum absolute atomic E-state index is 0.00228. The molecule has 0 unspecified atom stereocenters. The van der Waals surface area contributed by atoms with Gasteiger partial charge in [-0.15, -0.1) is 39.4 Å². The molecule has 262 valence electrons. The number of aromatic nitrogens is 5. The van der Waals surface area contributed by atoms with Crippen LogP contribution in [0, 0.1) is 0 Å². The van der Waals surface area contributed by atoms with Gasteiger partial charge in [0.05, 0.1) is 35.6 Å². The van der Waals surface area contributed by atoms with Crippen molar-refractivity contribution in [1.82, 2.24) is 24.1 Å². The maximum absolute atomic E-state index is 6.67. The van der Waals surface area contributed by atoms with Crippen molar-refractivity contribution in [2.24, 2.45) is 0 Å². The molecule has 0 aliphatic heterocycles. The minimum atomic E-state index is -0.148. The van der Waals surface area contributed by atoms with Gasteiger partial charge in [-0.05, 0) is 29.8 Å². The van der Waals surface area contributed by atoms with Crippen LogP contribution in [0.1, 0.15) is 5.82 Å². The van der Waals surface area contributed by atoms with Gasteiger partial charge in [0.2, 0.25) is 5.95 Å². The zero-order chi connectivity index (χ0) is 42.9. The average molecular weight is 754 g/mol. The van der Waals surface area contributed by atoms with Crippen LogP contribution in [0.15, 0.2) is 144 Å². The summed E-state index contributed by atoms with van der Waals surface area (Å²) in [5, 5.41) is 4.00. The summed E-state index contributed by atoms with van der Waals surface area (Å²) < 4.78 is 4.26. The van der Waals surface area contributed by atoms with Gasteiger partial charge < -0.3 is 4.57 Å². The van der Waals surface area contributed by atoms with E-state index in [1.54, 1.807) is 0 Å². The molecule has 5 nitrogen and oxygen atoms in total. The molecule has 61 heavy (non-hydrogen) atoms. The highest BCUT2D eigenvalue weighted by Gasteiger charge is 2.25. The summed E-state index contributed by atoms with van der Waals surface area (Å²) in [4.78, 5) is 14.9. The highest BCUT2D eigenvalue weighted by molar-refractivity contribution is 6.68. The first-order valence-electron chi connectivity index (χ1n) is 19.2. The van der Waals surface area contributed by atoms with Crippen LogP contribution in [0.25, 0.3) is 83.3 Å². The highest BCUT2D eigenvalue weighted by Crippen LogP contribution is 2.43. The normalized spacial score (nSPS) is 12.6. The summed E-state index contributed by atoms with van der Waals surface area (Å²) in [6.07, 6.45) is -0.148. The van der Waals surface area contributed by atoms with Crippen LogP contribution < -0.4 is 27.3 Å². The van der Waals surface area contributed by atoms with Crippen LogP contribution in [-0.4, -0.2) is 103 Å². The quantitative estimate of drug-likeness (QED) is 0.177. The third-order valence-corrected chi connectivity index (χ3v) is 11.1. The van der Waals surface area contributed by atoms with Gasteiger partial charge in [0.1, 0.15) is 70.6 Å². The molecule has 20 radical (unpaired) electrons. The van der Waals surface area contributed by atoms with Gasteiger partial charge in [0.15, 0.2) is 11.6 Å². The van der Waals surface area contributed by atoms with Gasteiger partial charge >= 0.3 is 0 Å². The Labute approximate surface area is 367 Å². The summed E-state index contributed by atoms with van der Waals surface area (Å²) in [6, 6.07) is 39.3. The van der Waals surface area contributed by atoms with Crippen LogP contribution in [-0.2, 0) is 0 Å². The van der Waals surface area contributed by atoms with E-state index < -0.39 is 0 Å². The molecule has 3 heterocycles. The smallest absolute Gasteiger partial charge is 0.238 e. The van der Waals surface area contributed by atoms with E-state index in [2.05, 4.69) is 90.0 Å². The minimum Gasteiger partial charge on any atom is -0.308 e. The Bertz CT molecular complexity index is 3340. The van der Waals surface area contributed by atoms with Gasteiger partial charge in [-0.3, -0.25) is 4.57 Å². The Morgan fingerprint density at radius 1 is 0.541 bits per heavy atom. The number of fused-ring (bicyclic) bond motifs is 7. The Morgan fingerprint density at radius 3 is 1.80 bits per heavy atom. The van der Waals surface area contributed by atoms with Gasteiger partial charge in [0.25, 0.3) is 0 Å². The van der Waals surface area contributed by atoms with E-state index in [0.29, 0.717) is 0 Å². The van der Waals surface area contributed by atoms with Crippen molar-refractivity contribution in [2.75, 3.05) is 0 Å². The fourth-order valence-electron chi connectivity index (χ4n) is 8.13. The molecule has 9 aromatic rings. The highest BCUT2D eigenvalue weighted by atomic mass is 15.2. The fourth-order valence-corrected chi connectivity index (χ4v) is 8.13. The third-order valence-electron chi connectivity index (χ3n) is 11.1. The van der Waals surface area contributed by atoms with Crippen LogP contribution in [0.3, 0.4) is 0 Å². The number of hydrogen-bond acceptors (Lipinski definition) is 3. The molecule has 0 amide bonds. The maximum atomic E-state index is 6.67. The number of hydrogen-bond donors (Lipinski definition) is 0. The summed E-state index contributed by atoms with van der Waals surface area (Å²) in [6.45, 7) is 3.76. The van der Waals surface area contributed by atoms with E-state index >= 15 is 0 Å². The van der Waals surface area contributed by atoms with Crippen LogP contribution in [0.5, 0.6) is 0 Å². The molecule has 0 saturated carbocycles. The topological polar surface area (TPSA) is 48.5 Å². The first kappa shape index (κ1) is 40.2. The molecular formula is C46H23B10N5. The molecule has 0 bridgehead atoms. The van der Waals surface area contributed by atoms with Crippen LogP contribution in [0.2, 0.25) is 6.32 Å². The molecule has 6 aromatic carbocycles. The molecule has 3 aromatic heterocycles. The first-order valence-corrected chi connectivity index (χ1v) is 19.2. The van der Waals surface area contributed by atoms with Crippen molar-refractivity contribution >= 4 is 155 Å². The molecule has 0 N–H and O–H groups in total. The summed E-state index contributed by atoms with van der Waals surface area (Å²) in [7, 11) is 64.0. The Hall–Kier alpha value is -6.20. The number of para-hydroxylation sites is 3. The zero-order valence-corrected chi connectivity index (χ0v) is 32.9. The van der Waals surface area contributed by atoms with Crippen LogP contribution in [0.4, 0.5) is 0 Å². The second-order valence-electron chi connectivity index (χ2n) is 14.6. The molecule has 0 saturated heterocycles. The molecule has 15 heteroatoms. The lowest BCUT2D eigenvalue weighted by atomic mass is 9.60. The van der Waals surface area contributed by atoms with Crippen molar-refractivity contribution < 1.29 is 0 Å². The lowest BCUT2D eigenvalue weighted by molar-refractivity contribution is 0.933. The Balaban J connectivity index is 1.45. The molecule has 0 fully saturated rings. The van der Waals surface area contributed by atoms with E-state index in [4.69, 9.17) is 93.4 Å². The van der Waals surface area contributed by atoms with Gasteiger partial charge in [-0.1, -0.05) is 114 Å². The molecular weight excluding hydrogens is 731 g/mol. The molecule has 0 aliphatic rings. The Morgan fingerprint density at radius 2 is 1.13 bits per heavy atom. The predicted molar refractivity (Wildman–Crippen MR) is 263 cm³/mol. The van der Waals surface area contributed by atoms with E-state index in [-0.39, 0.29) is 84.3 Å². The van der Waals surface area contributed by atoms with Crippen molar-refractivity contribution in [3.8, 4) is 34.2 Å². The second kappa shape index (κ2) is 15.7. The number of nitrogens with zero attached hydrogens (tertiary/aromatic N) is 5. The fraction of sp³-hybridized carbons (Fsp3) is 0.0217. The summed E-state index contributed by atoms with van der Waals surface area (Å²) in [5.74, 6) is 0.118. The molecule has 0 aliphatic carbocycles. The lowest BCUT2D eigenvalue weighted by Gasteiger charge is -2.22. The first-order chi connectivity index (χ1) is 29.4. The summed E-state index contributed by atoms with van der Waals surface area (Å²) >= 11 is 0.